The van der Waals surface area contributed by atoms with Crippen LogP contribution < -0.4 is 0 Å². The van der Waals surface area contributed by atoms with Gasteiger partial charge in [-0.2, -0.15) is 0 Å². The number of ether oxygens (including phenoxy) is 1. The van der Waals surface area contributed by atoms with E-state index in [1.165, 1.54) is 21.7 Å². The topological polar surface area (TPSA) is 95.9 Å². The first-order valence-corrected chi connectivity index (χ1v) is 17.4. The quantitative estimate of drug-likeness (QED) is 0.450. The van der Waals surface area contributed by atoms with Crippen molar-refractivity contribution in [2.24, 2.45) is 0 Å². The number of nitrogens with zero attached hydrogens (tertiary/aromatic N) is 5. The second-order valence-corrected chi connectivity index (χ2v) is 14.6. The van der Waals surface area contributed by atoms with Gasteiger partial charge in [0.1, 0.15) is 11.5 Å². The van der Waals surface area contributed by atoms with Gasteiger partial charge >= 0.3 is 0 Å². The van der Waals surface area contributed by atoms with Crippen LogP contribution in [0.4, 0.5) is 0 Å². The van der Waals surface area contributed by atoms with Crippen LogP contribution >= 0.6 is 0 Å². The standard InChI is InChI=1S/C32H47N5O4S/c1-22-7-6-8-25(21-22)30-12-10-28(41-30)9-11-29-23(2)31(34-24(3)33-29)32(38)37-19-15-27(16-20-37)36-17-13-26(14-18-36)35(4)42(5,39)40/h6-8,21,26-28,30H,9-20H2,1-5H3/t28?,30-/m1/s1. The number of sulfonamides is 1. The van der Waals surface area contributed by atoms with E-state index in [4.69, 9.17) is 9.72 Å². The number of aryl methyl sites for hydroxylation is 3. The number of hydrogen-bond donors (Lipinski definition) is 0. The van der Waals surface area contributed by atoms with Crippen LogP contribution in [0.1, 0.15) is 89.7 Å². The maximum atomic E-state index is 13.6. The fraction of sp³-hybridized carbons (Fsp3) is 0.656. The molecule has 3 saturated heterocycles. The molecule has 3 aliphatic rings. The number of amides is 1. The summed E-state index contributed by atoms with van der Waals surface area (Å²) in [6.45, 7) is 9.18. The van der Waals surface area contributed by atoms with Crippen molar-refractivity contribution in [3.8, 4) is 0 Å². The molecule has 1 amide bonds. The Hall–Kier alpha value is -2.40. The van der Waals surface area contributed by atoms with Gasteiger partial charge in [0.05, 0.1) is 18.5 Å². The molecule has 1 unspecified atom stereocenters. The van der Waals surface area contributed by atoms with Crippen LogP contribution in [0.15, 0.2) is 24.3 Å². The van der Waals surface area contributed by atoms with Crippen molar-refractivity contribution in [2.75, 3.05) is 39.5 Å². The predicted octanol–water partition coefficient (Wildman–Crippen LogP) is 4.22. The average molecular weight is 598 g/mol. The van der Waals surface area contributed by atoms with E-state index in [9.17, 15) is 13.2 Å². The molecule has 2 aromatic rings. The molecule has 42 heavy (non-hydrogen) atoms. The van der Waals surface area contributed by atoms with Gasteiger partial charge in [0.2, 0.25) is 10.0 Å². The highest BCUT2D eigenvalue weighted by atomic mass is 32.2. The number of aromatic nitrogens is 2. The maximum absolute atomic E-state index is 13.6. The van der Waals surface area contributed by atoms with Gasteiger partial charge in [-0.05, 0) is 90.8 Å². The first-order valence-electron chi connectivity index (χ1n) is 15.5. The molecule has 1 aromatic carbocycles. The van der Waals surface area contributed by atoms with E-state index in [0.29, 0.717) is 30.6 Å². The van der Waals surface area contributed by atoms with Crippen molar-refractivity contribution in [3.63, 3.8) is 0 Å². The zero-order valence-corrected chi connectivity index (χ0v) is 26.7. The van der Waals surface area contributed by atoms with E-state index in [2.05, 4.69) is 41.1 Å². The summed E-state index contributed by atoms with van der Waals surface area (Å²) >= 11 is 0. The molecule has 3 aliphatic heterocycles. The summed E-state index contributed by atoms with van der Waals surface area (Å²) in [6.07, 6.45) is 8.91. The van der Waals surface area contributed by atoms with E-state index in [1.54, 1.807) is 7.05 Å². The van der Waals surface area contributed by atoms with Crippen LogP contribution in [0, 0.1) is 20.8 Å². The molecular formula is C32H47N5O4S. The minimum atomic E-state index is -3.17. The van der Waals surface area contributed by atoms with Crippen LogP contribution in [0.25, 0.3) is 0 Å². The van der Waals surface area contributed by atoms with E-state index >= 15 is 0 Å². The van der Waals surface area contributed by atoms with Gasteiger partial charge < -0.3 is 14.5 Å². The largest absolute Gasteiger partial charge is 0.370 e. The number of carbonyl (C=O) groups is 1. The number of piperidine rings is 2. The number of rotatable bonds is 8. The van der Waals surface area contributed by atoms with Crippen LogP contribution in [-0.2, 0) is 21.2 Å². The Morgan fingerprint density at radius 1 is 1.00 bits per heavy atom. The Bertz CT molecular complexity index is 1370. The number of likely N-dealkylation sites (tertiary alicyclic amines) is 2. The normalized spacial score (nSPS) is 23.1. The summed E-state index contributed by atoms with van der Waals surface area (Å²) in [5.41, 5.74) is 4.88. The molecule has 0 spiro atoms. The number of carbonyl (C=O) groups excluding carboxylic acids is 1. The summed E-state index contributed by atoms with van der Waals surface area (Å²) < 4.78 is 31.8. The molecule has 0 radical (unpaired) electrons. The lowest BCUT2D eigenvalue weighted by molar-refractivity contribution is 0.0400. The summed E-state index contributed by atoms with van der Waals surface area (Å²) in [5.74, 6) is 0.642. The molecule has 0 N–H and O–H groups in total. The fourth-order valence-corrected chi connectivity index (χ4v) is 7.69. The van der Waals surface area contributed by atoms with Gasteiger partial charge in [-0.3, -0.25) is 4.79 Å². The molecule has 230 valence electrons. The first-order chi connectivity index (χ1) is 20.0. The van der Waals surface area contributed by atoms with E-state index in [1.807, 2.05) is 18.7 Å². The molecule has 4 heterocycles. The third-order valence-electron chi connectivity index (χ3n) is 9.59. The van der Waals surface area contributed by atoms with Crippen molar-refractivity contribution >= 4 is 15.9 Å². The van der Waals surface area contributed by atoms with Gasteiger partial charge in [-0.1, -0.05) is 29.8 Å². The predicted molar refractivity (Wildman–Crippen MR) is 164 cm³/mol. The van der Waals surface area contributed by atoms with E-state index < -0.39 is 10.0 Å². The lowest BCUT2D eigenvalue weighted by Gasteiger charge is -2.43. The zero-order valence-electron chi connectivity index (χ0n) is 25.9. The Labute approximate surface area is 251 Å². The smallest absolute Gasteiger partial charge is 0.272 e. The van der Waals surface area contributed by atoms with Crippen LogP contribution in [0.5, 0.6) is 0 Å². The van der Waals surface area contributed by atoms with E-state index in [0.717, 1.165) is 75.7 Å². The van der Waals surface area contributed by atoms with Crippen molar-refractivity contribution < 1.29 is 17.9 Å². The van der Waals surface area contributed by atoms with Gasteiger partial charge in [-0.15, -0.1) is 0 Å². The monoisotopic (exact) mass is 597 g/mol. The highest BCUT2D eigenvalue weighted by Crippen LogP contribution is 2.35. The Kier molecular flexibility index (Phi) is 9.66. The van der Waals surface area contributed by atoms with Crippen molar-refractivity contribution in [1.82, 2.24) is 24.1 Å². The lowest BCUT2D eigenvalue weighted by atomic mass is 9.97. The summed E-state index contributed by atoms with van der Waals surface area (Å²) in [6, 6.07) is 9.09. The number of hydrogen-bond acceptors (Lipinski definition) is 7. The lowest BCUT2D eigenvalue weighted by Crippen LogP contribution is -2.52. The van der Waals surface area contributed by atoms with Crippen molar-refractivity contribution in [1.29, 1.82) is 0 Å². The molecule has 3 fully saturated rings. The summed E-state index contributed by atoms with van der Waals surface area (Å²) in [5, 5.41) is 0. The molecule has 0 aliphatic carbocycles. The van der Waals surface area contributed by atoms with Gasteiger partial charge in [0, 0.05) is 43.5 Å². The van der Waals surface area contributed by atoms with Crippen LogP contribution in [0.3, 0.4) is 0 Å². The number of benzene rings is 1. The Balaban J connectivity index is 1.13. The molecule has 10 heteroatoms. The molecule has 0 bridgehead atoms. The van der Waals surface area contributed by atoms with Crippen molar-refractivity contribution in [2.45, 2.75) is 96.4 Å². The third-order valence-corrected chi connectivity index (χ3v) is 10.9. The highest BCUT2D eigenvalue weighted by Gasteiger charge is 2.33. The van der Waals surface area contributed by atoms with Crippen molar-refractivity contribution in [3.05, 3.63) is 58.2 Å². The minimum Gasteiger partial charge on any atom is -0.370 e. The Morgan fingerprint density at radius 3 is 2.38 bits per heavy atom. The summed E-state index contributed by atoms with van der Waals surface area (Å²) in [4.78, 5) is 27.4. The third kappa shape index (κ3) is 7.21. The Morgan fingerprint density at radius 2 is 1.71 bits per heavy atom. The molecular weight excluding hydrogens is 550 g/mol. The van der Waals surface area contributed by atoms with Crippen LogP contribution in [-0.4, -0.2) is 96.1 Å². The minimum absolute atomic E-state index is 0.00260. The van der Waals surface area contributed by atoms with Gasteiger partial charge in [0.15, 0.2) is 0 Å². The fourth-order valence-electron chi connectivity index (χ4n) is 6.94. The van der Waals surface area contributed by atoms with E-state index in [-0.39, 0.29) is 24.2 Å². The second-order valence-electron chi connectivity index (χ2n) is 12.5. The average Bonchev–Trinajstić information content (AvgIpc) is 3.45. The second kappa shape index (κ2) is 13.1. The van der Waals surface area contributed by atoms with Crippen LogP contribution in [0.2, 0.25) is 0 Å². The molecule has 0 saturated carbocycles. The molecule has 9 nitrogen and oxygen atoms in total. The first kappa shape index (κ1) is 31.0. The molecule has 2 atom stereocenters. The van der Waals surface area contributed by atoms with Gasteiger partial charge in [-0.25, -0.2) is 22.7 Å². The molecule has 1 aromatic heterocycles. The van der Waals surface area contributed by atoms with Gasteiger partial charge in [0.25, 0.3) is 5.91 Å². The maximum Gasteiger partial charge on any atom is 0.272 e. The summed E-state index contributed by atoms with van der Waals surface area (Å²) in [7, 11) is -1.48. The SMILES string of the molecule is Cc1cccc([C@H]2CCC(CCc3nc(C)nc(C(=O)N4CCC(N5CCC(N(C)S(C)(=O)=O)CC5)CC4)c3C)O2)c1. The zero-order chi connectivity index (χ0) is 30.0. The molecule has 5 rings (SSSR count). The highest BCUT2D eigenvalue weighted by molar-refractivity contribution is 7.88.